The third kappa shape index (κ3) is 4.74. The van der Waals surface area contributed by atoms with Gasteiger partial charge in [0.15, 0.2) is 5.82 Å². The van der Waals surface area contributed by atoms with E-state index in [4.69, 9.17) is 21.3 Å². The molecule has 0 amide bonds. The van der Waals surface area contributed by atoms with Crippen LogP contribution >= 0.6 is 11.6 Å². The molecule has 2 aromatic carbocycles. The first-order valence-corrected chi connectivity index (χ1v) is 16.1. The van der Waals surface area contributed by atoms with Crippen molar-refractivity contribution in [2.45, 2.75) is 69.2 Å². The number of hydrogen-bond donors (Lipinski definition) is 2. The smallest absolute Gasteiger partial charge is 0.319 e. The molecule has 0 unspecified atom stereocenters. The van der Waals surface area contributed by atoms with E-state index < -0.39 is 29.1 Å². The third-order valence-corrected chi connectivity index (χ3v) is 10.9. The zero-order valence-corrected chi connectivity index (χ0v) is 26.3. The van der Waals surface area contributed by atoms with E-state index in [0.717, 1.165) is 47.5 Å². The van der Waals surface area contributed by atoms with Gasteiger partial charge in [0, 0.05) is 60.1 Å². The first-order chi connectivity index (χ1) is 22.0. The molecule has 8 rings (SSSR count). The van der Waals surface area contributed by atoms with Crippen LogP contribution in [0.3, 0.4) is 0 Å². The van der Waals surface area contributed by atoms with Crippen molar-refractivity contribution >= 4 is 39.2 Å². The van der Waals surface area contributed by atoms with Crippen LogP contribution in [0.5, 0.6) is 6.01 Å². The molecular formula is C33H34ClF4N7O. The lowest BCUT2D eigenvalue weighted by molar-refractivity contribution is 0.107. The van der Waals surface area contributed by atoms with Crippen molar-refractivity contribution in [2.24, 2.45) is 0 Å². The number of aromatic amines is 1. The number of fused-ring (bicyclic) bond motifs is 5. The Balaban J connectivity index is 1.29. The van der Waals surface area contributed by atoms with Gasteiger partial charge < -0.3 is 15.0 Å². The average Bonchev–Trinajstić information content (AvgIpc) is 3.75. The summed E-state index contributed by atoms with van der Waals surface area (Å²) in [5.41, 5.74) is 1.94. The van der Waals surface area contributed by atoms with E-state index in [0.29, 0.717) is 49.1 Å². The lowest BCUT2D eigenvalue weighted by atomic mass is 9.92. The van der Waals surface area contributed by atoms with Gasteiger partial charge in [-0.1, -0.05) is 11.6 Å². The molecule has 0 saturated carbocycles. The Morgan fingerprint density at radius 3 is 2.83 bits per heavy atom. The number of rotatable bonds is 6. The minimum Gasteiger partial charge on any atom is -0.461 e. The normalized spacial score (nSPS) is 27.6. The Bertz CT molecular complexity index is 1910. The van der Waals surface area contributed by atoms with Crippen molar-refractivity contribution < 1.29 is 22.3 Å². The van der Waals surface area contributed by atoms with Gasteiger partial charge in [0.1, 0.15) is 24.1 Å². The molecule has 4 aliphatic heterocycles. The first-order valence-electron chi connectivity index (χ1n) is 15.8. The van der Waals surface area contributed by atoms with Crippen LogP contribution in [-0.2, 0) is 0 Å². The molecule has 2 N–H and O–H groups in total. The highest BCUT2D eigenvalue weighted by atomic mass is 35.5. The lowest BCUT2D eigenvalue weighted by Gasteiger charge is -2.40. The van der Waals surface area contributed by atoms with E-state index in [2.05, 4.69) is 25.4 Å². The van der Waals surface area contributed by atoms with Crippen molar-refractivity contribution in [1.82, 2.24) is 30.4 Å². The molecule has 4 aromatic rings. The first kappa shape index (κ1) is 29.9. The van der Waals surface area contributed by atoms with Crippen LogP contribution in [0.1, 0.15) is 43.2 Å². The number of hydrogen-bond acceptors (Lipinski definition) is 7. The van der Waals surface area contributed by atoms with Crippen LogP contribution in [0, 0.1) is 19.7 Å². The minimum atomic E-state index is -1.76. The molecule has 0 radical (unpaired) electrons. The molecule has 6 heterocycles. The van der Waals surface area contributed by atoms with Gasteiger partial charge in [0.25, 0.3) is 6.08 Å². The number of nitrogens with one attached hydrogen (secondary N) is 2. The molecule has 13 heteroatoms. The number of ether oxygens (including phenoxy) is 1. The topological polar surface area (TPSA) is 82.2 Å². The molecule has 4 atom stereocenters. The van der Waals surface area contributed by atoms with Gasteiger partial charge >= 0.3 is 6.01 Å². The summed E-state index contributed by atoms with van der Waals surface area (Å²) in [5.74, 6) is -0.275. The molecule has 242 valence electrons. The quantitative estimate of drug-likeness (QED) is 0.226. The molecule has 46 heavy (non-hydrogen) atoms. The van der Waals surface area contributed by atoms with E-state index in [9.17, 15) is 13.2 Å². The monoisotopic (exact) mass is 655 g/mol. The van der Waals surface area contributed by atoms with E-state index in [1.54, 1.807) is 12.3 Å². The predicted octanol–water partition coefficient (Wildman–Crippen LogP) is 6.63. The van der Waals surface area contributed by atoms with E-state index >= 15 is 4.39 Å². The van der Waals surface area contributed by atoms with E-state index in [1.807, 2.05) is 24.8 Å². The molecule has 0 aliphatic carbocycles. The Hall–Kier alpha value is -3.48. The summed E-state index contributed by atoms with van der Waals surface area (Å²) in [4.78, 5) is 13.4. The zero-order chi connectivity index (χ0) is 32.0. The molecule has 4 fully saturated rings. The largest absolute Gasteiger partial charge is 0.461 e. The summed E-state index contributed by atoms with van der Waals surface area (Å²) >= 11 is 6.93. The number of benzene rings is 2. The van der Waals surface area contributed by atoms with E-state index in [1.165, 1.54) is 0 Å². The van der Waals surface area contributed by atoms with E-state index in [-0.39, 0.29) is 41.3 Å². The highest BCUT2D eigenvalue weighted by Crippen LogP contribution is 2.45. The fourth-order valence-corrected chi connectivity index (χ4v) is 8.73. The summed E-state index contributed by atoms with van der Waals surface area (Å²) in [6, 6.07) is 3.51. The Labute approximate surface area is 268 Å². The van der Waals surface area contributed by atoms with Crippen LogP contribution < -0.4 is 15.0 Å². The second-order valence-corrected chi connectivity index (χ2v) is 13.9. The maximum absolute atomic E-state index is 17.0. The van der Waals surface area contributed by atoms with Crippen molar-refractivity contribution in [1.29, 1.82) is 0 Å². The predicted molar refractivity (Wildman–Crippen MR) is 169 cm³/mol. The number of anilines is 1. The Kier molecular flexibility index (Phi) is 7.01. The van der Waals surface area contributed by atoms with Gasteiger partial charge in [0.05, 0.1) is 27.8 Å². The third-order valence-electron chi connectivity index (χ3n) is 10.6. The minimum absolute atomic E-state index is 0.0136. The number of aromatic nitrogens is 4. The van der Waals surface area contributed by atoms with Gasteiger partial charge in [-0.2, -0.15) is 23.8 Å². The summed E-state index contributed by atoms with van der Waals surface area (Å²) in [5, 5.41) is 11.7. The lowest BCUT2D eigenvalue weighted by Crippen LogP contribution is -2.59. The summed E-state index contributed by atoms with van der Waals surface area (Å²) in [6.45, 7) is 5.85. The average molecular weight is 656 g/mol. The second kappa shape index (κ2) is 10.8. The van der Waals surface area contributed by atoms with Crippen LogP contribution in [0.25, 0.3) is 32.9 Å². The number of piperazine rings is 1. The van der Waals surface area contributed by atoms with Crippen LogP contribution in [0.15, 0.2) is 30.5 Å². The van der Waals surface area contributed by atoms with Crippen molar-refractivity contribution in [3.8, 4) is 17.1 Å². The van der Waals surface area contributed by atoms with Crippen molar-refractivity contribution in [3.05, 3.63) is 52.5 Å². The second-order valence-electron chi connectivity index (χ2n) is 13.5. The maximum Gasteiger partial charge on any atom is 0.319 e. The van der Waals surface area contributed by atoms with Crippen LogP contribution in [-0.4, -0.2) is 81.1 Å². The number of nitrogens with zero attached hydrogens (tertiary/aromatic N) is 5. The number of alkyl halides is 1. The fraction of sp³-hybridized carbons (Fsp3) is 0.485. The van der Waals surface area contributed by atoms with Gasteiger partial charge in [-0.05, 0) is 69.3 Å². The maximum atomic E-state index is 17.0. The van der Waals surface area contributed by atoms with Crippen LogP contribution in [0.4, 0.5) is 23.4 Å². The summed E-state index contributed by atoms with van der Waals surface area (Å²) in [7, 11) is 0. The van der Waals surface area contributed by atoms with Gasteiger partial charge in [-0.15, -0.1) is 0 Å². The fourth-order valence-electron chi connectivity index (χ4n) is 8.44. The SMILES string of the molecule is Cc1cc2[nH]ncc2c(-c2c(Cl)cc3c(N4C[C@@H]5CC[C@](C=C(F)F)(C4)N5)nc(OC[C@@]45CCCN4C[C@H](F)C5)nc3c2F)c1C. The van der Waals surface area contributed by atoms with Crippen molar-refractivity contribution in [2.75, 3.05) is 37.7 Å². The molecule has 0 spiro atoms. The standard InChI is InChI=1S/C33H34ClF4N7O/c1-17-8-24-22(12-39-43-24)26(18(17)2)27-23(34)9-21-29(28(27)38)40-31(46-16-33-5-3-7-45(33)13-19(35)10-33)41-30(21)44-14-20-4-6-32(15-44,42-20)11-25(36)37/h8-9,11-12,19-20,42H,3-7,10,13-16H2,1-2H3,(H,39,43)/t19-,20+,32+,33+/m1/s1. The highest BCUT2D eigenvalue weighted by molar-refractivity contribution is 6.35. The van der Waals surface area contributed by atoms with Gasteiger partial charge in [0.2, 0.25) is 0 Å². The molecule has 4 saturated heterocycles. The van der Waals surface area contributed by atoms with Crippen molar-refractivity contribution in [3.63, 3.8) is 0 Å². The van der Waals surface area contributed by atoms with Gasteiger partial charge in [-0.25, -0.2) is 8.78 Å². The molecular weight excluding hydrogens is 622 g/mol. The number of halogens is 5. The summed E-state index contributed by atoms with van der Waals surface area (Å²) < 4.78 is 65.0. The summed E-state index contributed by atoms with van der Waals surface area (Å²) in [6.07, 6.45) is 3.27. The van der Waals surface area contributed by atoms with Crippen LogP contribution in [0.2, 0.25) is 5.02 Å². The highest BCUT2D eigenvalue weighted by Gasteiger charge is 2.50. The molecule has 2 aromatic heterocycles. The molecule has 4 aliphatic rings. The van der Waals surface area contributed by atoms with Gasteiger partial charge in [-0.3, -0.25) is 10.00 Å². The number of aryl methyl sites for hydroxylation is 1. The number of H-pyrrole nitrogens is 1. The molecule has 8 nitrogen and oxygen atoms in total. The molecule has 2 bridgehead atoms. The zero-order valence-electron chi connectivity index (χ0n) is 25.6. The Morgan fingerprint density at radius 1 is 1.15 bits per heavy atom. The Morgan fingerprint density at radius 2 is 2.00 bits per heavy atom.